The summed E-state index contributed by atoms with van der Waals surface area (Å²) in [6.07, 6.45) is 1.69. The Balaban J connectivity index is 0.00000512. The Morgan fingerprint density at radius 1 is 1.09 bits per heavy atom. The second kappa shape index (κ2) is 14.0. The first-order valence-electron chi connectivity index (χ1n) is 10.9. The summed E-state index contributed by atoms with van der Waals surface area (Å²) in [4.78, 5) is 30.4. The van der Waals surface area contributed by atoms with Crippen molar-refractivity contribution >= 4 is 47.7 Å². The summed E-state index contributed by atoms with van der Waals surface area (Å²) in [5, 5.41) is 12.0. The van der Waals surface area contributed by atoms with Crippen molar-refractivity contribution in [3.05, 3.63) is 29.8 Å². The lowest BCUT2D eigenvalue weighted by atomic mass is 10.2. The first kappa shape index (κ1) is 27.8. The minimum atomic E-state index is -0.517. The number of alkyl carbamates (subject to hydrolysis) is 1. The van der Waals surface area contributed by atoms with Crippen LogP contribution in [-0.2, 0) is 11.3 Å². The third-order valence-electron chi connectivity index (χ3n) is 4.42. The number of urea groups is 1. The topological polar surface area (TPSA) is 107 Å². The molecule has 4 N–H and O–H groups in total. The van der Waals surface area contributed by atoms with E-state index < -0.39 is 11.7 Å². The highest BCUT2D eigenvalue weighted by Crippen LogP contribution is 2.14. The fraction of sp³-hybridized carbons (Fsp3) is 0.591. The molecule has 1 saturated heterocycles. The zero-order chi connectivity index (χ0) is 22.7. The van der Waals surface area contributed by atoms with E-state index in [1.807, 2.05) is 56.9 Å². The molecule has 0 radical (unpaired) electrons. The van der Waals surface area contributed by atoms with E-state index in [4.69, 9.17) is 4.74 Å². The summed E-state index contributed by atoms with van der Waals surface area (Å²) in [7, 11) is 0. The number of carbonyl (C=O) groups excluding carboxylic acids is 2. The number of benzene rings is 1. The summed E-state index contributed by atoms with van der Waals surface area (Å²) in [6.45, 7) is 11.2. The van der Waals surface area contributed by atoms with Gasteiger partial charge in [-0.15, -0.1) is 24.0 Å². The number of aliphatic imine (C=N–C) groups is 1. The zero-order valence-corrected chi connectivity index (χ0v) is 21.8. The Kier molecular flexibility index (Phi) is 12.2. The molecule has 0 aliphatic carbocycles. The Morgan fingerprint density at radius 3 is 2.44 bits per heavy atom. The highest BCUT2D eigenvalue weighted by Gasteiger charge is 2.18. The first-order valence-corrected chi connectivity index (χ1v) is 10.9. The van der Waals surface area contributed by atoms with Crippen LogP contribution in [0.15, 0.2) is 29.3 Å². The first-order chi connectivity index (χ1) is 14.8. The Hall–Kier alpha value is -2.24. The molecule has 1 aliphatic rings. The molecule has 0 aromatic heterocycles. The van der Waals surface area contributed by atoms with Gasteiger partial charge in [0.05, 0.1) is 6.54 Å². The number of hydrogen-bond acceptors (Lipinski definition) is 4. The van der Waals surface area contributed by atoms with E-state index in [0.717, 1.165) is 43.7 Å². The van der Waals surface area contributed by atoms with E-state index >= 15 is 0 Å². The van der Waals surface area contributed by atoms with E-state index in [9.17, 15) is 9.59 Å². The number of amides is 3. The largest absolute Gasteiger partial charge is 0.444 e. The van der Waals surface area contributed by atoms with E-state index in [1.54, 1.807) is 0 Å². The van der Waals surface area contributed by atoms with Crippen molar-refractivity contribution in [2.75, 3.05) is 38.0 Å². The average molecular weight is 560 g/mol. The average Bonchev–Trinajstić information content (AvgIpc) is 3.23. The van der Waals surface area contributed by atoms with Crippen LogP contribution in [0.2, 0.25) is 0 Å². The molecule has 10 heteroatoms. The Morgan fingerprint density at radius 2 is 1.78 bits per heavy atom. The number of likely N-dealkylation sites (tertiary alicyclic amines) is 1. The van der Waals surface area contributed by atoms with Crippen LogP contribution >= 0.6 is 24.0 Å². The number of halogens is 1. The summed E-state index contributed by atoms with van der Waals surface area (Å²) in [5.74, 6) is 0.653. The Labute approximate surface area is 208 Å². The van der Waals surface area contributed by atoms with Crippen molar-refractivity contribution in [2.24, 2.45) is 4.99 Å². The monoisotopic (exact) mass is 560 g/mol. The maximum Gasteiger partial charge on any atom is 0.407 e. The van der Waals surface area contributed by atoms with Crippen LogP contribution in [0.3, 0.4) is 0 Å². The molecule has 1 aliphatic heterocycles. The third kappa shape index (κ3) is 10.9. The molecule has 180 valence electrons. The second-order valence-corrected chi connectivity index (χ2v) is 8.38. The van der Waals surface area contributed by atoms with Gasteiger partial charge < -0.3 is 30.9 Å². The van der Waals surface area contributed by atoms with Crippen LogP contribution in [0.25, 0.3) is 0 Å². The second-order valence-electron chi connectivity index (χ2n) is 8.38. The number of nitrogens with one attached hydrogen (secondary N) is 4. The van der Waals surface area contributed by atoms with Gasteiger partial charge in [0, 0.05) is 38.4 Å². The van der Waals surface area contributed by atoms with Crippen molar-refractivity contribution in [1.82, 2.24) is 20.9 Å². The maximum absolute atomic E-state index is 12.3. The number of rotatable bonds is 7. The molecule has 32 heavy (non-hydrogen) atoms. The molecule has 0 bridgehead atoms. The van der Waals surface area contributed by atoms with Crippen molar-refractivity contribution in [2.45, 2.75) is 52.7 Å². The van der Waals surface area contributed by atoms with Crippen LogP contribution in [0, 0.1) is 0 Å². The fourth-order valence-corrected chi connectivity index (χ4v) is 3.04. The van der Waals surface area contributed by atoms with Crippen LogP contribution < -0.4 is 21.3 Å². The van der Waals surface area contributed by atoms with E-state index in [1.165, 1.54) is 0 Å². The number of guanidine groups is 1. The van der Waals surface area contributed by atoms with Gasteiger partial charge in [0.15, 0.2) is 5.96 Å². The standard InChI is InChI=1S/C22H36N6O3.HI/c1-5-23-19(24-11-12-25-21(30)31-22(2,3)4)26-16-17-9-8-10-18(15-17)27-20(29)28-13-6-7-14-28;/h8-10,15H,5-7,11-14,16H2,1-4H3,(H,25,30)(H,27,29)(H2,23,24,26);1H. The fourth-order valence-electron chi connectivity index (χ4n) is 3.04. The lowest BCUT2D eigenvalue weighted by molar-refractivity contribution is 0.0529. The normalized spacial score (nSPS) is 13.8. The van der Waals surface area contributed by atoms with Gasteiger partial charge in [-0.2, -0.15) is 0 Å². The molecule has 0 spiro atoms. The van der Waals surface area contributed by atoms with Crippen LogP contribution in [0.1, 0.15) is 46.1 Å². The molecule has 1 fully saturated rings. The minimum absolute atomic E-state index is 0. The molecular formula is C22H37IN6O3. The highest BCUT2D eigenvalue weighted by molar-refractivity contribution is 14.0. The highest BCUT2D eigenvalue weighted by atomic mass is 127. The minimum Gasteiger partial charge on any atom is -0.444 e. The summed E-state index contributed by atoms with van der Waals surface area (Å²) >= 11 is 0. The number of nitrogens with zero attached hydrogens (tertiary/aromatic N) is 2. The van der Waals surface area contributed by atoms with Crippen LogP contribution in [-0.4, -0.2) is 61.3 Å². The van der Waals surface area contributed by atoms with E-state index in [-0.39, 0.29) is 30.0 Å². The number of anilines is 1. The molecule has 0 atom stereocenters. The predicted octanol–water partition coefficient (Wildman–Crippen LogP) is 3.51. The zero-order valence-electron chi connectivity index (χ0n) is 19.5. The number of hydrogen-bond donors (Lipinski definition) is 4. The Bertz CT molecular complexity index is 760. The molecule has 1 heterocycles. The molecule has 0 saturated carbocycles. The summed E-state index contributed by atoms with van der Waals surface area (Å²) in [5.41, 5.74) is 1.24. The van der Waals surface area contributed by atoms with Crippen molar-refractivity contribution in [1.29, 1.82) is 0 Å². The van der Waals surface area contributed by atoms with Crippen molar-refractivity contribution < 1.29 is 14.3 Å². The van der Waals surface area contributed by atoms with Gasteiger partial charge >= 0.3 is 12.1 Å². The maximum atomic E-state index is 12.3. The smallest absolute Gasteiger partial charge is 0.407 e. The van der Waals surface area contributed by atoms with Gasteiger partial charge in [-0.3, -0.25) is 0 Å². The lowest BCUT2D eigenvalue weighted by Gasteiger charge is -2.20. The quantitative estimate of drug-likeness (QED) is 0.177. The van der Waals surface area contributed by atoms with Crippen molar-refractivity contribution in [3.63, 3.8) is 0 Å². The molecule has 1 aromatic carbocycles. The van der Waals surface area contributed by atoms with Gasteiger partial charge in [0.2, 0.25) is 0 Å². The predicted molar refractivity (Wildman–Crippen MR) is 139 cm³/mol. The van der Waals surface area contributed by atoms with Crippen LogP contribution in [0.5, 0.6) is 0 Å². The summed E-state index contributed by atoms with van der Waals surface area (Å²) in [6, 6.07) is 7.65. The van der Waals surface area contributed by atoms with E-state index in [0.29, 0.717) is 25.6 Å². The molecule has 1 aromatic rings. The van der Waals surface area contributed by atoms with Gasteiger partial charge in [-0.25, -0.2) is 14.6 Å². The van der Waals surface area contributed by atoms with Gasteiger partial charge in [0.1, 0.15) is 5.60 Å². The molecule has 2 rings (SSSR count). The van der Waals surface area contributed by atoms with E-state index in [2.05, 4.69) is 26.3 Å². The van der Waals surface area contributed by atoms with Crippen LogP contribution in [0.4, 0.5) is 15.3 Å². The van der Waals surface area contributed by atoms with Gasteiger partial charge in [-0.05, 0) is 58.2 Å². The van der Waals surface area contributed by atoms with Gasteiger partial charge in [-0.1, -0.05) is 12.1 Å². The number of ether oxygens (including phenoxy) is 1. The molecule has 3 amide bonds. The van der Waals surface area contributed by atoms with Gasteiger partial charge in [0.25, 0.3) is 0 Å². The molecule has 0 unspecified atom stereocenters. The molecule has 9 nitrogen and oxygen atoms in total. The number of carbonyl (C=O) groups is 2. The summed E-state index contributed by atoms with van der Waals surface area (Å²) < 4.78 is 5.21. The molecular weight excluding hydrogens is 523 g/mol. The lowest BCUT2D eigenvalue weighted by Crippen LogP contribution is -2.42. The third-order valence-corrected chi connectivity index (χ3v) is 4.42. The van der Waals surface area contributed by atoms with Crippen molar-refractivity contribution in [3.8, 4) is 0 Å². The SMILES string of the molecule is CCNC(=NCc1cccc(NC(=O)N2CCCC2)c1)NCCNC(=O)OC(C)(C)C.I.